The Morgan fingerprint density at radius 2 is 1.89 bits per heavy atom. The molecule has 1 unspecified atom stereocenters. The molecule has 2 fully saturated rings. The first-order valence-corrected chi connectivity index (χ1v) is 12.9. The van der Waals surface area contributed by atoms with Gasteiger partial charge in [0, 0.05) is 50.8 Å². The van der Waals surface area contributed by atoms with E-state index in [1.165, 1.54) is 0 Å². The van der Waals surface area contributed by atoms with Crippen molar-refractivity contribution >= 4 is 17.8 Å². The predicted molar refractivity (Wildman–Crippen MR) is 134 cm³/mol. The van der Waals surface area contributed by atoms with Crippen molar-refractivity contribution < 1.29 is 33.1 Å². The molecule has 200 valence electrons. The van der Waals surface area contributed by atoms with Crippen molar-refractivity contribution in [2.24, 2.45) is 5.92 Å². The van der Waals surface area contributed by atoms with Gasteiger partial charge in [0.25, 0.3) is 5.91 Å². The molecule has 2 aliphatic heterocycles. The number of likely N-dealkylation sites (tertiary alicyclic amines) is 1. The van der Waals surface area contributed by atoms with Crippen LogP contribution < -0.4 is 4.74 Å². The van der Waals surface area contributed by atoms with Crippen LogP contribution in [0.5, 0.6) is 5.75 Å². The molecule has 2 aromatic rings. The summed E-state index contributed by atoms with van der Waals surface area (Å²) in [5.41, 5.74) is 0.964. The smallest absolute Gasteiger partial charge is 0.309 e. The van der Waals surface area contributed by atoms with Crippen LogP contribution in [0.25, 0.3) is 11.3 Å². The van der Waals surface area contributed by atoms with Crippen molar-refractivity contribution in [3.63, 3.8) is 0 Å². The molecule has 0 spiro atoms. The number of piperidine rings is 1. The van der Waals surface area contributed by atoms with Crippen LogP contribution >= 0.6 is 0 Å². The third kappa shape index (κ3) is 6.88. The van der Waals surface area contributed by atoms with Crippen LogP contribution in [-0.4, -0.2) is 85.3 Å². The molecule has 10 nitrogen and oxygen atoms in total. The van der Waals surface area contributed by atoms with Crippen LogP contribution in [0.4, 0.5) is 0 Å². The first kappa shape index (κ1) is 26.7. The highest BCUT2D eigenvalue weighted by atomic mass is 16.5. The Balaban J connectivity index is 1.37. The predicted octanol–water partition coefficient (Wildman–Crippen LogP) is 3.16. The largest absolute Gasteiger partial charge is 0.497 e. The average molecular weight is 514 g/mol. The van der Waals surface area contributed by atoms with Crippen molar-refractivity contribution in [2.45, 2.75) is 45.1 Å². The number of rotatable bonds is 10. The molecule has 1 aromatic heterocycles. The van der Waals surface area contributed by atoms with Gasteiger partial charge in [0.2, 0.25) is 5.91 Å². The number of amides is 2. The van der Waals surface area contributed by atoms with Gasteiger partial charge in [-0.05, 0) is 56.9 Å². The van der Waals surface area contributed by atoms with Gasteiger partial charge in [-0.25, -0.2) is 0 Å². The zero-order valence-corrected chi connectivity index (χ0v) is 21.5. The molecule has 3 heterocycles. The minimum atomic E-state index is -0.298. The first-order chi connectivity index (χ1) is 18.0. The van der Waals surface area contributed by atoms with Crippen LogP contribution in [0.3, 0.4) is 0 Å². The number of nitrogens with zero attached hydrogens (tertiary/aromatic N) is 3. The van der Waals surface area contributed by atoms with Gasteiger partial charge in [-0.1, -0.05) is 5.16 Å². The van der Waals surface area contributed by atoms with Crippen molar-refractivity contribution in [3.8, 4) is 17.1 Å². The lowest BCUT2D eigenvalue weighted by Crippen LogP contribution is -2.43. The molecule has 0 saturated carbocycles. The Morgan fingerprint density at radius 1 is 1.14 bits per heavy atom. The van der Waals surface area contributed by atoms with Crippen molar-refractivity contribution in [1.29, 1.82) is 0 Å². The molecule has 10 heteroatoms. The standard InChI is InChI=1S/C27H35N3O7/c1-3-35-27(33)20-10-13-29(14-11-20)25(31)12-15-30(18-22-5-4-16-36-22)26(32)23-17-24(37-28-23)19-6-8-21(34-2)9-7-19/h6-9,17,20,22H,3-5,10-16,18H2,1-2H3. The molecule has 2 amide bonds. The Morgan fingerprint density at radius 3 is 2.54 bits per heavy atom. The lowest BCUT2D eigenvalue weighted by atomic mass is 9.97. The number of hydrogen-bond donors (Lipinski definition) is 0. The van der Waals surface area contributed by atoms with Gasteiger partial charge in [0.15, 0.2) is 11.5 Å². The van der Waals surface area contributed by atoms with E-state index in [1.807, 2.05) is 24.3 Å². The lowest BCUT2D eigenvalue weighted by Gasteiger charge is -2.32. The molecule has 0 bridgehead atoms. The number of hydrogen-bond acceptors (Lipinski definition) is 8. The number of aromatic nitrogens is 1. The van der Waals surface area contributed by atoms with E-state index < -0.39 is 0 Å². The van der Waals surface area contributed by atoms with Gasteiger partial charge < -0.3 is 28.5 Å². The fraction of sp³-hybridized carbons (Fsp3) is 0.556. The lowest BCUT2D eigenvalue weighted by molar-refractivity contribution is -0.151. The minimum absolute atomic E-state index is 0.0356. The summed E-state index contributed by atoms with van der Waals surface area (Å²) in [6, 6.07) is 8.91. The Kier molecular flexibility index (Phi) is 9.16. The Hall–Kier alpha value is -3.40. The Labute approximate surface area is 216 Å². The van der Waals surface area contributed by atoms with Gasteiger partial charge in [0.05, 0.1) is 25.7 Å². The minimum Gasteiger partial charge on any atom is -0.497 e. The van der Waals surface area contributed by atoms with Crippen molar-refractivity contribution in [1.82, 2.24) is 15.0 Å². The highest BCUT2D eigenvalue weighted by Crippen LogP contribution is 2.24. The number of ether oxygens (including phenoxy) is 3. The summed E-state index contributed by atoms with van der Waals surface area (Å²) in [4.78, 5) is 41.7. The van der Waals surface area contributed by atoms with E-state index in [9.17, 15) is 14.4 Å². The third-order valence-electron chi connectivity index (χ3n) is 6.90. The summed E-state index contributed by atoms with van der Waals surface area (Å²) in [7, 11) is 1.60. The second kappa shape index (κ2) is 12.7. The first-order valence-electron chi connectivity index (χ1n) is 12.9. The van der Waals surface area contributed by atoms with Crippen LogP contribution in [0.15, 0.2) is 34.9 Å². The summed E-state index contributed by atoms with van der Waals surface area (Å²) in [6.45, 7) is 4.49. The molecule has 2 saturated heterocycles. The van der Waals surface area contributed by atoms with Crippen molar-refractivity contribution in [2.75, 3.05) is 46.5 Å². The molecule has 1 atom stereocenters. The Bertz CT molecular complexity index is 1050. The number of carbonyl (C=O) groups is 3. The zero-order valence-electron chi connectivity index (χ0n) is 21.5. The molecule has 0 aliphatic carbocycles. The van der Waals surface area contributed by atoms with Gasteiger partial charge in [0.1, 0.15) is 5.75 Å². The molecular formula is C27H35N3O7. The van der Waals surface area contributed by atoms with Crippen LogP contribution in [0.1, 0.15) is 49.5 Å². The molecule has 0 N–H and O–H groups in total. The van der Waals surface area contributed by atoms with Crippen LogP contribution in [-0.2, 0) is 19.1 Å². The van der Waals surface area contributed by atoms with Crippen LogP contribution in [0, 0.1) is 5.92 Å². The second-order valence-corrected chi connectivity index (χ2v) is 9.35. The van der Waals surface area contributed by atoms with E-state index in [4.69, 9.17) is 18.7 Å². The number of methoxy groups -OCH3 is 1. The van der Waals surface area contributed by atoms with Gasteiger partial charge >= 0.3 is 5.97 Å². The molecule has 0 radical (unpaired) electrons. The second-order valence-electron chi connectivity index (χ2n) is 9.35. The number of benzene rings is 1. The number of esters is 1. The van der Waals surface area contributed by atoms with E-state index in [2.05, 4.69) is 5.16 Å². The van der Waals surface area contributed by atoms with E-state index in [-0.39, 0.29) is 48.5 Å². The average Bonchev–Trinajstić information content (AvgIpc) is 3.63. The summed E-state index contributed by atoms with van der Waals surface area (Å²) < 4.78 is 21.5. The van der Waals surface area contributed by atoms with E-state index >= 15 is 0 Å². The SMILES string of the molecule is CCOC(=O)C1CCN(C(=O)CCN(CC2CCCO2)C(=O)c2cc(-c3ccc(OC)cc3)on2)CC1. The molecule has 1 aromatic carbocycles. The summed E-state index contributed by atoms with van der Waals surface area (Å²) >= 11 is 0. The van der Waals surface area contributed by atoms with Gasteiger partial charge in [-0.3, -0.25) is 14.4 Å². The number of carbonyl (C=O) groups excluding carboxylic acids is 3. The molecule has 37 heavy (non-hydrogen) atoms. The fourth-order valence-electron chi connectivity index (χ4n) is 4.75. The fourth-order valence-corrected chi connectivity index (χ4v) is 4.75. The summed E-state index contributed by atoms with van der Waals surface area (Å²) in [5.74, 6) is 0.512. The summed E-state index contributed by atoms with van der Waals surface area (Å²) in [5, 5.41) is 4.01. The van der Waals surface area contributed by atoms with Crippen LogP contribution in [0.2, 0.25) is 0 Å². The van der Waals surface area contributed by atoms with E-state index in [0.29, 0.717) is 51.4 Å². The highest BCUT2D eigenvalue weighted by Gasteiger charge is 2.30. The maximum Gasteiger partial charge on any atom is 0.309 e. The van der Waals surface area contributed by atoms with Gasteiger partial charge in [-0.15, -0.1) is 0 Å². The molecular weight excluding hydrogens is 478 g/mol. The summed E-state index contributed by atoms with van der Waals surface area (Å²) in [6.07, 6.45) is 3.13. The van der Waals surface area contributed by atoms with E-state index in [0.717, 1.165) is 24.2 Å². The maximum absolute atomic E-state index is 13.4. The van der Waals surface area contributed by atoms with Gasteiger partial charge in [-0.2, -0.15) is 0 Å². The molecule has 2 aliphatic rings. The highest BCUT2D eigenvalue weighted by molar-refractivity contribution is 5.93. The monoisotopic (exact) mass is 513 g/mol. The quantitative estimate of drug-likeness (QED) is 0.446. The normalized spacial score (nSPS) is 18.0. The van der Waals surface area contributed by atoms with Crippen molar-refractivity contribution in [3.05, 3.63) is 36.0 Å². The molecule has 4 rings (SSSR count). The third-order valence-corrected chi connectivity index (χ3v) is 6.90. The zero-order chi connectivity index (χ0) is 26.2. The topological polar surface area (TPSA) is 111 Å². The van der Waals surface area contributed by atoms with E-state index in [1.54, 1.807) is 29.9 Å². The maximum atomic E-state index is 13.4.